The molecule has 1 heterocycles. The number of benzene rings is 1. The Kier molecular flexibility index (Phi) is 5.89. The molecule has 8 heteroatoms. The van der Waals surface area contributed by atoms with Gasteiger partial charge in [-0.2, -0.15) is 0 Å². The average molecular weight is 503 g/mol. The molecule has 1 aromatic rings. The lowest BCUT2D eigenvalue weighted by atomic mass is 9.45. The summed E-state index contributed by atoms with van der Waals surface area (Å²) in [6, 6.07) is 9.09. The van der Waals surface area contributed by atoms with E-state index in [1.54, 1.807) is 19.1 Å². The Balaban J connectivity index is 1.78. The predicted molar refractivity (Wildman–Crippen MR) is 130 cm³/mol. The van der Waals surface area contributed by atoms with Crippen molar-refractivity contribution in [1.82, 2.24) is 0 Å². The standard InChI is InChI=1S/C28H38O8/c1-15-18(30)12-28(33)24(36-17-9-7-6-8-10-17)23-26(5,20(31)11-21-27(23,32)14-34-21)13-19(35-16(2)29)22(15)25(28,3)4/h6-10,18-21,23-24,30-33H,11-14H2,1-5H3/t18-,19-,20-,21+,23?,24-,26+,27-,28+/m0/s1. The zero-order chi connectivity index (χ0) is 26.3. The molecule has 1 aromatic carbocycles. The Hall–Kier alpha value is -1.97. The number of carbonyl (C=O) groups is 1. The maximum absolute atomic E-state index is 12.7. The van der Waals surface area contributed by atoms with E-state index in [1.807, 2.05) is 39.0 Å². The van der Waals surface area contributed by atoms with E-state index in [1.165, 1.54) is 6.92 Å². The van der Waals surface area contributed by atoms with Gasteiger partial charge in [0.25, 0.3) is 0 Å². The van der Waals surface area contributed by atoms with Crippen molar-refractivity contribution < 1.29 is 39.4 Å². The fourth-order valence-electron chi connectivity index (χ4n) is 7.68. The van der Waals surface area contributed by atoms with E-state index in [4.69, 9.17) is 14.2 Å². The maximum atomic E-state index is 12.7. The molecule has 3 fully saturated rings. The van der Waals surface area contributed by atoms with Gasteiger partial charge in [0.2, 0.25) is 0 Å². The molecule has 0 radical (unpaired) electrons. The number of hydrogen-bond donors (Lipinski definition) is 4. The van der Waals surface area contributed by atoms with Crippen LogP contribution in [-0.2, 0) is 14.3 Å². The summed E-state index contributed by atoms with van der Waals surface area (Å²) in [6.07, 6.45) is -3.97. The number of fused-ring (bicyclic) bond motifs is 5. The third-order valence-corrected chi connectivity index (χ3v) is 9.74. The maximum Gasteiger partial charge on any atom is 0.303 e. The Morgan fingerprint density at radius 1 is 1.08 bits per heavy atom. The number of rotatable bonds is 3. The highest BCUT2D eigenvalue weighted by Gasteiger charge is 2.74. The van der Waals surface area contributed by atoms with Gasteiger partial charge >= 0.3 is 5.97 Å². The molecule has 9 atom stereocenters. The highest BCUT2D eigenvalue weighted by atomic mass is 16.6. The lowest BCUT2D eigenvalue weighted by molar-refractivity contribution is -0.350. The Morgan fingerprint density at radius 3 is 2.33 bits per heavy atom. The van der Waals surface area contributed by atoms with Gasteiger partial charge in [-0.25, -0.2) is 0 Å². The van der Waals surface area contributed by atoms with Gasteiger partial charge in [0, 0.05) is 36.5 Å². The summed E-state index contributed by atoms with van der Waals surface area (Å²) in [6.45, 7) is 8.78. The smallest absolute Gasteiger partial charge is 0.303 e. The first-order chi connectivity index (χ1) is 16.8. The van der Waals surface area contributed by atoms with E-state index in [-0.39, 0.29) is 25.9 Å². The Morgan fingerprint density at radius 2 is 1.75 bits per heavy atom. The first-order valence-electron chi connectivity index (χ1n) is 12.8. The molecule has 36 heavy (non-hydrogen) atoms. The molecule has 2 bridgehead atoms. The van der Waals surface area contributed by atoms with Gasteiger partial charge < -0.3 is 34.6 Å². The molecule has 5 rings (SSSR count). The molecule has 8 nitrogen and oxygen atoms in total. The highest BCUT2D eigenvalue weighted by Crippen LogP contribution is 2.64. The Bertz CT molecular complexity index is 1070. The average Bonchev–Trinajstić information content (AvgIpc) is 2.78. The van der Waals surface area contributed by atoms with E-state index in [0.717, 1.165) is 0 Å². The van der Waals surface area contributed by atoms with Crippen LogP contribution in [0.4, 0.5) is 0 Å². The zero-order valence-corrected chi connectivity index (χ0v) is 21.6. The van der Waals surface area contributed by atoms with Crippen molar-refractivity contribution in [3.8, 4) is 5.75 Å². The van der Waals surface area contributed by atoms with E-state index >= 15 is 0 Å². The van der Waals surface area contributed by atoms with Gasteiger partial charge in [-0.3, -0.25) is 4.79 Å². The topological polar surface area (TPSA) is 126 Å². The minimum Gasteiger partial charge on any atom is -0.487 e. The number of aliphatic hydroxyl groups excluding tert-OH is 2. The summed E-state index contributed by atoms with van der Waals surface area (Å²) >= 11 is 0. The molecule has 3 aliphatic carbocycles. The summed E-state index contributed by atoms with van der Waals surface area (Å²) in [7, 11) is 0. The van der Waals surface area contributed by atoms with Crippen LogP contribution in [0.15, 0.2) is 41.5 Å². The van der Waals surface area contributed by atoms with Gasteiger partial charge in [0.05, 0.1) is 24.9 Å². The predicted octanol–water partition coefficient (Wildman–Crippen LogP) is 2.12. The number of para-hydroxylation sites is 1. The lowest BCUT2D eigenvalue weighted by Gasteiger charge is -2.67. The number of ether oxygens (including phenoxy) is 3. The molecule has 2 saturated carbocycles. The quantitative estimate of drug-likeness (QED) is 0.366. The third kappa shape index (κ3) is 3.42. The van der Waals surface area contributed by atoms with Crippen molar-refractivity contribution in [2.24, 2.45) is 16.7 Å². The van der Waals surface area contributed by atoms with Crippen molar-refractivity contribution >= 4 is 5.97 Å². The van der Waals surface area contributed by atoms with Crippen molar-refractivity contribution in [3.63, 3.8) is 0 Å². The van der Waals surface area contributed by atoms with Crippen LogP contribution in [0.2, 0.25) is 0 Å². The van der Waals surface area contributed by atoms with Crippen LogP contribution in [0.1, 0.15) is 53.9 Å². The van der Waals surface area contributed by atoms with Crippen molar-refractivity contribution in [3.05, 3.63) is 41.5 Å². The first-order valence-corrected chi connectivity index (χ1v) is 12.8. The van der Waals surface area contributed by atoms with Crippen molar-refractivity contribution in [1.29, 1.82) is 0 Å². The van der Waals surface area contributed by atoms with E-state index in [2.05, 4.69) is 0 Å². The van der Waals surface area contributed by atoms with E-state index < -0.39 is 64.4 Å². The van der Waals surface area contributed by atoms with Gasteiger partial charge in [0.1, 0.15) is 29.2 Å². The highest BCUT2D eigenvalue weighted by molar-refractivity contribution is 5.66. The van der Waals surface area contributed by atoms with Gasteiger partial charge in [0.15, 0.2) is 0 Å². The van der Waals surface area contributed by atoms with Crippen LogP contribution in [0.25, 0.3) is 0 Å². The first kappa shape index (κ1) is 25.7. The minimum atomic E-state index is -1.69. The molecule has 198 valence electrons. The summed E-state index contributed by atoms with van der Waals surface area (Å²) in [5, 5.41) is 47.4. The van der Waals surface area contributed by atoms with Crippen LogP contribution >= 0.6 is 0 Å². The second-order valence-corrected chi connectivity index (χ2v) is 12.0. The summed E-state index contributed by atoms with van der Waals surface area (Å²) in [5.41, 5.74) is -3.80. The van der Waals surface area contributed by atoms with E-state index in [9.17, 15) is 25.2 Å². The largest absolute Gasteiger partial charge is 0.487 e. The number of carbonyl (C=O) groups excluding carboxylic acids is 1. The summed E-state index contributed by atoms with van der Waals surface area (Å²) < 4.78 is 18.2. The minimum absolute atomic E-state index is 0.0378. The summed E-state index contributed by atoms with van der Waals surface area (Å²) in [4.78, 5) is 12.3. The molecule has 4 N–H and O–H groups in total. The normalized spacial score (nSPS) is 45.4. The fourth-order valence-corrected chi connectivity index (χ4v) is 7.68. The Labute approximate surface area is 211 Å². The van der Waals surface area contributed by atoms with Crippen LogP contribution in [0.5, 0.6) is 5.75 Å². The summed E-state index contributed by atoms with van der Waals surface area (Å²) in [5.74, 6) is -0.775. The van der Waals surface area contributed by atoms with Gasteiger partial charge in [-0.1, -0.05) is 39.0 Å². The van der Waals surface area contributed by atoms with Crippen molar-refractivity contribution in [2.45, 2.75) is 95.6 Å². The van der Waals surface area contributed by atoms with Crippen LogP contribution in [0, 0.1) is 16.7 Å². The van der Waals surface area contributed by atoms with Gasteiger partial charge in [-0.05, 0) is 36.6 Å². The third-order valence-electron chi connectivity index (χ3n) is 9.74. The molecular formula is C28H38O8. The molecule has 1 saturated heterocycles. The zero-order valence-electron chi connectivity index (χ0n) is 21.6. The van der Waals surface area contributed by atoms with Gasteiger partial charge in [-0.15, -0.1) is 0 Å². The molecule has 4 aliphatic rings. The number of hydrogen-bond acceptors (Lipinski definition) is 8. The molecule has 1 aliphatic heterocycles. The fraction of sp³-hybridized carbons (Fsp3) is 0.679. The van der Waals surface area contributed by atoms with Crippen LogP contribution in [0.3, 0.4) is 0 Å². The van der Waals surface area contributed by atoms with E-state index in [0.29, 0.717) is 16.9 Å². The molecule has 0 spiro atoms. The molecule has 0 aromatic heterocycles. The molecule has 0 amide bonds. The van der Waals surface area contributed by atoms with Crippen LogP contribution in [-0.4, -0.2) is 74.7 Å². The van der Waals surface area contributed by atoms with Crippen molar-refractivity contribution in [2.75, 3.05) is 6.61 Å². The second kappa shape index (κ2) is 8.27. The molecule has 1 unspecified atom stereocenters. The number of esters is 1. The van der Waals surface area contributed by atoms with Crippen LogP contribution < -0.4 is 4.74 Å². The second-order valence-electron chi connectivity index (χ2n) is 12.0. The lowest BCUT2D eigenvalue weighted by Crippen LogP contribution is -2.79. The number of aliphatic hydroxyl groups is 4. The monoisotopic (exact) mass is 502 g/mol. The molecular weight excluding hydrogens is 464 g/mol. The SMILES string of the molecule is CC(=O)O[C@H]1C[C@@]2(C)C([C@H](Oc3ccccc3)[C@]3(O)C[C@H](O)C(C)=C1C3(C)C)[C@]1(O)CO[C@@H]1C[C@@H]2O.